The summed E-state index contributed by atoms with van der Waals surface area (Å²) in [6, 6.07) is 9.87. The number of rotatable bonds is 6. The lowest BCUT2D eigenvalue weighted by molar-refractivity contribution is -0.134. The van der Waals surface area contributed by atoms with Gasteiger partial charge in [0.25, 0.3) is 0 Å². The zero-order chi connectivity index (χ0) is 22.7. The lowest BCUT2D eigenvalue weighted by Gasteiger charge is -2.33. The number of benzene rings is 2. The van der Waals surface area contributed by atoms with Crippen LogP contribution in [-0.4, -0.2) is 42.6 Å². The molecule has 2 heterocycles. The molecule has 7 heteroatoms. The molecule has 0 radical (unpaired) electrons. The zero-order valence-corrected chi connectivity index (χ0v) is 19.0. The molecule has 4 N–H and O–H groups in total. The number of carbonyl (C=O) groups excluding carboxylic acids is 1. The molecule has 2 atom stereocenters. The van der Waals surface area contributed by atoms with Crippen LogP contribution in [0.3, 0.4) is 0 Å². The van der Waals surface area contributed by atoms with Crippen molar-refractivity contribution in [1.82, 2.24) is 4.90 Å². The number of likely N-dealkylation sites (tertiary alicyclic amines) is 1. The quantitative estimate of drug-likeness (QED) is 0.681. The molecule has 0 bridgehead atoms. The lowest BCUT2D eigenvalue weighted by Crippen LogP contribution is -2.50. The molecule has 1 amide bonds. The van der Waals surface area contributed by atoms with E-state index in [9.17, 15) is 9.18 Å². The number of hydrogen-bond donors (Lipinski definition) is 2. The Kier molecular flexibility index (Phi) is 7.18. The number of nitrogens with zero attached hydrogens (tertiary/aromatic N) is 1. The van der Waals surface area contributed by atoms with Crippen molar-refractivity contribution in [3.63, 3.8) is 0 Å². The molecule has 0 spiro atoms. The van der Waals surface area contributed by atoms with Crippen molar-refractivity contribution in [2.45, 2.75) is 37.8 Å². The molecular weight excluding hydrogens is 425 g/mol. The first-order valence-electron chi connectivity index (χ1n) is 11.1. The van der Waals surface area contributed by atoms with E-state index in [1.165, 1.54) is 17.8 Å². The number of carbonyl (C=O) groups is 1. The summed E-state index contributed by atoms with van der Waals surface area (Å²) >= 11 is 1.43. The molecule has 0 saturated carbocycles. The molecule has 2 aromatic rings. The van der Waals surface area contributed by atoms with Crippen LogP contribution in [0, 0.1) is 11.7 Å². The maximum absolute atomic E-state index is 14.1. The largest absolute Gasteiger partial charge is 0.398 e. The molecule has 0 unspecified atom stereocenters. The van der Waals surface area contributed by atoms with Crippen molar-refractivity contribution in [3.8, 4) is 0 Å². The van der Waals surface area contributed by atoms with E-state index in [0.717, 1.165) is 41.5 Å². The molecule has 2 fully saturated rings. The van der Waals surface area contributed by atoms with Crippen LogP contribution >= 0.6 is 11.8 Å². The Morgan fingerprint density at radius 3 is 2.66 bits per heavy atom. The molecule has 0 aliphatic carbocycles. The molecule has 0 aromatic heterocycles. The maximum atomic E-state index is 14.1. The minimum Gasteiger partial charge on any atom is -0.398 e. The molecule has 2 saturated heterocycles. The van der Waals surface area contributed by atoms with Gasteiger partial charge >= 0.3 is 0 Å². The predicted octanol–water partition coefficient (Wildman–Crippen LogP) is 4.23. The van der Waals surface area contributed by atoms with Gasteiger partial charge in [0.2, 0.25) is 5.91 Å². The van der Waals surface area contributed by atoms with Gasteiger partial charge in [-0.1, -0.05) is 42.6 Å². The normalized spacial score (nSPS) is 21.1. The van der Waals surface area contributed by atoms with E-state index in [0.29, 0.717) is 30.8 Å². The minimum absolute atomic E-state index is 0.00244. The van der Waals surface area contributed by atoms with Gasteiger partial charge in [0.15, 0.2) is 0 Å². The summed E-state index contributed by atoms with van der Waals surface area (Å²) < 4.78 is 19.5. The van der Waals surface area contributed by atoms with Crippen LogP contribution in [0.15, 0.2) is 53.3 Å². The Morgan fingerprint density at radius 2 is 1.91 bits per heavy atom. The van der Waals surface area contributed by atoms with E-state index in [4.69, 9.17) is 16.2 Å². The highest BCUT2D eigenvalue weighted by atomic mass is 32.2. The average Bonchev–Trinajstić information content (AvgIpc) is 3.32. The van der Waals surface area contributed by atoms with E-state index in [2.05, 4.69) is 6.58 Å². The standard InChI is InChI=1S/C25H30FN3O2S/c1-16(23-7-4-12-29(23)25(30)24(28)17-10-13-31-14-11-17)32-15-22(27)20-8-9-21(26)19-6-3-2-5-18(19)20/h2-3,5-6,8-9,15,17,23-24H,1,4,7,10-14,27-28H2/b22-15-/t23-,24-/m0/s1. The van der Waals surface area contributed by atoms with Crippen LogP contribution < -0.4 is 11.5 Å². The van der Waals surface area contributed by atoms with E-state index >= 15 is 0 Å². The fourth-order valence-corrected chi connectivity index (χ4v) is 5.44. The molecule has 4 rings (SSSR count). The Morgan fingerprint density at radius 1 is 1.19 bits per heavy atom. The first-order chi connectivity index (χ1) is 15.5. The SMILES string of the molecule is C=C(S/C=C(\N)c1ccc(F)c2ccccc12)[C@@H]1CCCN1C(=O)[C@@H](N)C1CCOCC1. The second-order valence-electron chi connectivity index (χ2n) is 8.46. The number of thioether (sulfide) groups is 1. The van der Waals surface area contributed by atoms with Crippen LogP contribution in [0.1, 0.15) is 31.2 Å². The fraction of sp³-hybridized carbons (Fsp3) is 0.400. The first kappa shape index (κ1) is 22.8. The van der Waals surface area contributed by atoms with E-state index in [-0.39, 0.29) is 23.7 Å². The molecular formula is C25H30FN3O2S. The van der Waals surface area contributed by atoms with Crippen LogP contribution in [0.25, 0.3) is 16.5 Å². The third-order valence-corrected chi connectivity index (χ3v) is 7.43. The van der Waals surface area contributed by atoms with Gasteiger partial charge in [-0.3, -0.25) is 4.79 Å². The van der Waals surface area contributed by atoms with E-state index in [1.807, 2.05) is 28.5 Å². The van der Waals surface area contributed by atoms with Crippen LogP contribution in [0.5, 0.6) is 0 Å². The molecule has 170 valence electrons. The Hall–Kier alpha value is -2.35. The molecule has 2 aliphatic heterocycles. The van der Waals surface area contributed by atoms with Crippen LogP contribution in [-0.2, 0) is 9.53 Å². The number of amides is 1. The van der Waals surface area contributed by atoms with E-state index < -0.39 is 6.04 Å². The van der Waals surface area contributed by atoms with Crippen molar-refractivity contribution < 1.29 is 13.9 Å². The molecule has 32 heavy (non-hydrogen) atoms. The monoisotopic (exact) mass is 455 g/mol. The van der Waals surface area contributed by atoms with Crippen LogP contribution in [0.4, 0.5) is 4.39 Å². The number of nitrogens with two attached hydrogens (primary N) is 2. The Labute approximate surface area is 192 Å². The summed E-state index contributed by atoms with van der Waals surface area (Å²) in [6.45, 7) is 6.26. The Bertz CT molecular complexity index is 1040. The van der Waals surface area contributed by atoms with Gasteiger partial charge in [-0.05, 0) is 54.5 Å². The summed E-state index contributed by atoms with van der Waals surface area (Å²) in [7, 11) is 0. The molecule has 2 aromatic carbocycles. The Balaban J connectivity index is 1.45. The van der Waals surface area contributed by atoms with Gasteiger partial charge in [0.1, 0.15) is 5.82 Å². The summed E-state index contributed by atoms with van der Waals surface area (Å²) in [5.74, 6) is -0.0986. The summed E-state index contributed by atoms with van der Waals surface area (Å²) in [4.78, 5) is 15.9. The summed E-state index contributed by atoms with van der Waals surface area (Å²) in [5, 5.41) is 3.15. The van der Waals surface area contributed by atoms with Gasteiger partial charge in [-0.15, -0.1) is 0 Å². The van der Waals surface area contributed by atoms with Gasteiger partial charge < -0.3 is 21.1 Å². The lowest BCUT2D eigenvalue weighted by atomic mass is 9.91. The van der Waals surface area contributed by atoms with Gasteiger partial charge in [-0.2, -0.15) is 0 Å². The maximum Gasteiger partial charge on any atom is 0.240 e. The summed E-state index contributed by atoms with van der Waals surface area (Å²) in [6.07, 6.45) is 3.45. The van der Waals surface area contributed by atoms with Crippen molar-refractivity contribution in [1.29, 1.82) is 0 Å². The number of ether oxygens (including phenoxy) is 1. The minimum atomic E-state index is -0.497. The second kappa shape index (κ2) is 10.1. The fourth-order valence-electron chi connectivity index (χ4n) is 4.63. The highest BCUT2D eigenvalue weighted by molar-refractivity contribution is 8.06. The highest BCUT2D eigenvalue weighted by Gasteiger charge is 2.36. The topological polar surface area (TPSA) is 81.6 Å². The zero-order valence-electron chi connectivity index (χ0n) is 18.1. The van der Waals surface area contributed by atoms with Crippen molar-refractivity contribution >= 4 is 34.1 Å². The predicted molar refractivity (Wildman–Crippen MR) is 129 cm³/mol. The average molecular weight is 456 g/mol. The van der Waals surface area contributed by atoms with E-state index in [1.54, 1.807) is 12.1 Å². The summed E-state index contributed by atoms with van der Waals surface area (Å²) in [5.41, 5.74) is 14.0. The van der Waals surface area contributed by atoms with Crippen LogP contribution in [0.2, 0.25) is 0 Å². The number of halogens is 1. The van der Waals surface area contributed by atoms with Crippen molar-refractivity contribution in [2.24, 2.45) is 17.4 Å². The van der Waals surface area contributed by atoms with Gasteiger partial charge in [0, 0.05) is 41.3 Å². The molecule has 5 nitrogen and oxygen atoms in total. The van der Waals surface area contributed by atoms with Gasteiger partial charge in [-0.25, -0.2) is 4.39 Å². The number of hydrogen-bond acceptors (Lipinski definition) is 5. The first-order valence-corrected chi connectivity index (χ1v) is 12.0. The van der Waals surface area contributed by atoms with Crippen molar-refractivity contribution in [3.05, 3.63) is 64.7 Å². The van der Waals surface area contributed by atoms with Gasteiger partial charge in [0.05, 0.1) is 12.1 Å². The smallest absolute Gasteiger partial charge is 0.240 e. The third-order valence-electron chi connectivity index (χ3n) is 6.49. The second-order valence-corrected chi connectivity index (χ2v) is 9.46. The van der Waals surface area contributed by atoms with Crippen molar-refractivity contribution in [2.75, 3.05) is 19.8 Å². The third kappa shape index (κ3) is 4.70. The number of fused-ring (bicyclic) bond motifs is 1. The highest BCUT2D eigenvalue weighted by Crippen LogP contribution is 2.34. The molecule has 2 aliphatic rings.